The first-order chi connectivity index (χ1) is 10.1. The van der Waals surface area contributed by atoms with Crippen LogP contribution in [0.15, 0.2) is 29.6 Å². The Bertz CT molecular complexity index is 813. The standard InChI is InChI=1S/C17H18N2OS/c1-11-16(12(2)19(3)18-11)9-14(20)8-13-10-21-17-7-5-4-6-15(13)17/h4-7,10H,8-9H2,1-3H3. The third-order valence-corrected chi connectivity index (χ3v) is 4.99. The molecule has 0 aliphatic carbocycles. The summed E-state index contributed by atoms with van der Waals surface area (Å²) in [6.07, 6.45) is 0.966. The van der Waals surface area contributed by atoms with Gasteiger partial charge in [-0.05, 0) is 36.2 Å². The molecule has 4 heteroatoms. The Labute approximate surface area is 128 Å². The second kappa shape index (κ2) is 5.45. The van der Waals surface area contributed by atoms with E-state index in [0.29, 0.717) is 12.8 Å². The predicted molar refractivity (Wildman–Crippen MR) is 86.9 cm³/mol. The summed E-state index contributed by atoms with van der Waals surface area (Å²) in [5, 5.41) is 7.68. The lowest BCUT2D eigenvalue weighted by molar-refractivity contribution is -0.117. The van der Waals surface area contributed by atoms with Gasteiger partial charge in [-0.25, -0.2) is 0 Å². The summed E-state index contributed by atoms with van der Waals surface area (Å²) in [7, 11) is 1.92. The fourth-order valence-electron chi connectivity index (χ4n) is 2.72. The molecule has 1 aromatic carbocycles. The Balaban J connectivity index is 1.81. The lowest BCUT2D eigenvalue weighted by atomic mass is 10.0. The molecule has 2 aromatic heterocycles. The summed E-state index contributed by atoms with van der Waals surface area (Å²) < 4.78 is 3.09. The monoisotopic (exact) mass is 298 g/mol. The molecule has 0 N–H and O–H groups in total. The van der Waals surface area contributed by atoms with Gasteiger partial charge >= 0.3 is 0 Å². The lowest BCUT2D eigenvalue weighted by Crippen LogP contribution is -2.08. The second-order valence-electron chi connectivity index (χ2n) is 5.42. The van der Waals surface area contributed by atoms with Gasteiger partial charge in [0.1, 0.15) is 5.78 Å². The van der Waals surface area contributed by atoms with Gasteiger partial charge in [-0.15, -0.1) is 11.3 Å². The maximum Gasteiger partial charge on any atom is 0.141 e. The summed E-state index contributed by atoms with van der Waals surface area (Å²) in [5.74, 6) is 0.248. The average molecular weight is 298 g/mol. The number of aromatic nitrogens is 2. The Morgan fingerprint density at radius 2 is 2.00 bits per heavy atom. The zero-order valence-electron chi connectivity index (χ0n) is 12.5. The average Bonchev–Trinajstić information content (AvgIpc) is 2.96. The highest BCUT2D eigenvalue weighted by atomic mass is 32.1. The largest absolute Gasteiger partial charge is 0.299 e. The molecular weight excluding hydrogens is 280 g/mol. The van der Waals surface area contributed by atoms with E-state index in [-0.39, 0.29) is 5.78 Å². The van der Waals surface area contributed by atoms with Crippen LogP contribution in [0.2, 0.25) is 0 Å². The van der Waals surface area contributed by atoms with E-state index in [1.165, 1.54) is 10.1 Å². The first-order valence-electron chi connectivity index (χ1n) is 7.02. The van der Waals surface area contributed by atoms with E-state index in [1.807, 2.05) is 37.7 Å². The minimum Gasteiger partial charge on any atom is -0.299 e. The Hall–Kier alpha value is -1.94. The van der Waals surface area contributed by atoms with Gasteiger partial charge in [-0.2, -0.15) is 5.10 Å². The number of carbonyl (C=O) groups excluding carboxylic acids is 1. The molecule has 21 heavy (non-hydrogen) atoms. The number of hydrogen-bond acceptors (Lipinski definition) is 3. The fourth-order valence-corrected chi connectivity index (χ4v) is 3.68. The minimum atomic E-state index is 0.248. The molecule has 3 rings (SSSR count). The number of aryl methyl sites for hydroxylation is 2. The molecule has 0 unspecified atom stereocenters. The zero-order chi connectivity index (χ0) is 15.0. The smallest absolute Gasteiger partial charge is 0.141 e. The van der Waals surface area contributed by atoms with E-state index in [2.05, 4.69) is 22.6 Å². The van der Waals surface area contributed by atoms with Crippen LogP contribution in [-0.4, -0.2) is 15.6 Å². The third kappa shape index (κ3) is 2.63. The van der Waals surface area contributed by atoms with Crippen LogP contribution < -0.4 is 0 Å². The second-order valence-corrected chi connectivity index (χ2v) is 6.33. The number of rotatable bonds is 4. The van der Waals surface area contributed by atoms with Crippen molar-refractivity contribution in [1.29, 1.82) is 0 Å². The van der Waals surface area contributed by atoms with Gasteiger partial charge in [-0.3, -0.25) is 9.48 Å². The van der Waals surface area contributed by atoms with E-state index in [4.69, 9.17) is 0 Å². The summed E-state index contributed by atoms with van der Waals surface area (Å²) in [6.45, 7) is 3.98. The highest BCUT2D eigenvalue weighted by Gasteiger charge is 2.15. The highest BCUT2D eigenvalue weighted by molar-refractivity contribution is 7.17. The Kier molecular flexibility index (Phi) is 3.64. The van der Waals surface area contributed by atoms with Gasteiger partial charge in [-0.1, -0.05) is 18.2 Å². The summed E-state index contributed by atoms with van der Waals surface area (Å²) in [4.78, 5) is 12.4. The SMILES string of the molecule is Cc1nn(C)c(C)c1CC(=O)Cc1csc2ccccc12. The fraction of sp³-hybridized carbons (Fsp3) is 0.294. The molecule has 0 fully saturated rings. The number of benzene rings is 1. The number of hydrogen-bond donors (Lipinski definition) is 0. The van der Waals surface area contributed by atoms with Crippen LogP contribution in [0.25, 0.3) is 10.1 Å². The van der Waals surface area contributed by atoms with Crippen molar-refractivity contribution in [2.45, 2.75) is 26.7 Å². The molecular formula is C17H18N2OS. The molecule has 0 saturated heterocycles. The van der Waals surface area contributed by atoms with Crippen LogP contribution in [0.3, 0.4) is 0 Å². The molecule has 3 nitrogen and oxygen atoms in total. The van der Waals surface area contributed by atoms with Crippen LogP contribution in [0.5, 0.6) is 0 Å². The van der Waals surface area contributed by atoms with Crippen LogP contribution in [0, 0.1) is 13.8 Å². The van der Waals surface area contributed by atoms with Gasteiger partial charge in [0, 0.05) is 35.8 Å². The molecule has 0 saturated carbocycles. The summed E-state index contributed by atoms with van der Waals surface area (Å²) in [5.41, 5.74) is 4.25. The summed E-state index contributed by atoms with van der Waals surface area (Å²) in [6, 6.07) is 8.25. The van der Waals surface area contributed by atoms with Crippen LogP contribution in [0.4, 0.5) is 0 Å². The van der Waals surface area contributed by atoms with E-state index in [0.717, 1.165) is 22.5 Å². The molecule has 3 aromatic rings. The topological polar surface area (TPSA) is 34.9 Å². The molecule has 0 atom stereocenters. The normalized spacial score (nSPS) is 11.2. The van der Waals surface area contributed by atoms with Gasteiger partial charge in [0.25, 0.3) is 0 Å². The molecule has 0 bridgehead atoms. The van der Waals surface area contributed by atoms with Crippen molar-refractivity contribution in [3.05, 3.63) is 52.2 Å². The molecule has 0 aliphatic rings. The number of Topliss-reactive ketones (excluding diaryl/α,β-unsaturated/α-hetero) is 1. The van der Waals surface area contributed by atoms with Crippen molar-refractivity contribution in [2.24, 2.45) is 7.05 Å². The van der Waals surface area contributed by atoms with Crippen LogP contribution in [-0.2, 0) is 24.7 Å². The van der Waals surface area contributed by atoms with Crippen molar-refractivity contribution in [2.75, 3.05) is 0 Å². The van der Waals surface area contributed by atoms with Crippen molar-refractivity contribution in [3.8, 4) is 0 Å². The molecule has 2 heterocycles. The molecule has 0 radical (unpaired) electrons. The highest BCUT2D eigenvalue weighted by Crippen LogP contribution is 2.26. The van der Waals surface area contributed by atoms with Crippen molar-refractivity contribution < 1.29 is 4.79 Å². The number of ketones is 1. The first-order valence-corrected chi connectivity index (χ1v) is 7.90. The van der Waals surface area contributed by atoms with Crippen LogP contribution >= 0.6 is 11.3 Å². The van der Waals surface area contributed by atoms with E-state index >= 15 is 0 Å². The van der Waals surface area contributed by atoms with E-state index in [1.54, 1.807) is 11.3 Å². The predicted octanol–water partition coefficient (Wildman–Crippen LogP) is 3.61. The van der Waals surface area contributed by atoms with Gasteiger partial charge < -0.3 is 0 Å². The number of carbonyl (C=O) groups is 1. The maximum atomic E-state index is 12.4. The van der Waals surface area contributed by atoms with Crippen molar-refractivity contribution >= 4 is 27.2 Å². The Morgan fingerprint density at radius 3 is 2.71 bits per heavy atom. The molecule has 108 valence electrons. The minimum absolute atomic E-state index is 0.248. The molecule has 0 amide bonds. The zero-order valence-corrected chi connectivity index (χ0v) is 13.3. The van der Waals surface area contributed by atoms with Gasteiger partial charge in [0.15, 0.2) is 0 Å². The van der Waals surface area contributed by atoms with E-state index < -0.39 is 0 Å². The number of thiophene rings is 1. The number of nitrogens with zero attached hydrogens (tertiary/aromatic N) is 2. The molecule has 0 aliphatic heterocycles. The summed E-state index contributed by atoms with van der Waals surface area (Å²) >= 11 is 1.70. The quantitative estimate of drug-likeness (QED) is 0.737. The van der Waals surface area contributed by atoms with Gasteiger partial charge in [0.05, 0.1) is 5.69 Å². The lowest BCUT2D eigenvalue weighted by Gasteiger charge is -2.02. The first kappa shape index (κ1) is 14.0. The van der Waals surface area contributed by atoms with Gasteiger partial charge in [0.2, 0.25) is 0 Å². The van der Waals surface area contributed by atoms with Crippen molar-refractivity contribution in [1.82, 2.24) is 9.78 Å². The van der Waals surface area contributed by atoms with E-state index in [9.17, 15) is 4.79 Å². The number of fused-ring (bicyclic) bond motifs is 1. The Morgan fingerprint density at radius 1 is 1.24 bits per heavy atom. The maximum absolute atomic E-state index is 12.4. The van der Waals surface area contributed by atoms with Crippen molar-refractivity contribution in [3.63, 3.8) is 0 Å². The molecule has 0 spiro atoms. The third-order valence-electron chi connectivity index (χ3n) is 3.98. The van der Waals surface area contributed by atoms with Crippen LogP contribution in [0.1, 0.15) is 22.5 Å².